The minimum atomic E-state index is -0.555. The molecule has 0 aliphatic carbocycles. The van der Waals surface area contributed by atoms with Crippen LogP contribution in [-0.4, -0.2) is 17.6 Å². The summed E-state index contributed by atoms with van der Waals surface area (Å²) in [6.07, 6.45) is 0.683. The molecular formula is C10H17N3O2. The van der Waals surface area contributed by atoms with E-state index in [1.807, 2.05) is 13.8 Å². The summed E-state index contributed by atoms with van der Waals surface area (Å²) in [5.74, 6) is 0.231. The number of nitrogens with zero attached hydrogens (tertiary/aromatic N) is 1. The van der Waals surface area contributed by atoms with Crippen molar-refractivity contribution in [2.24, 2.45) is 11.1 Å². The molecule has 0 aliphatic heterocycles. The standard InChI is InChI=1S/C10H17N3O2/c1-4-10(3,6-11)9(14)12-8-5-7(2)13-15-8/h5H,4,6,11H2,1-3H3,(H,12,14). The van der Waals surface area contributed by atoms with E-state index in [1.54, 1.807) is 13.0 Å². The Morgan fingerprint density at radius 2 is 2.40 bits per heavy atom. The summed E-state index contributed by atoms with van der Waals surface area (Å²) in [4.78, 5) is 11.8. The van der Waals surface area contributed by atoms with E-state index in [9.17, 15) is 4.79 Å². The van der Waals surface area contributed by atoms with Crippen LogP contribution in [0.1, 0.15) is 26.0 Å². The zero-order valence-corrected chi connectivity index (χ0v) is 9.33. The van der Waals surface area contributed by atoms with Crippen LogP contribution < -0.4 is 11.1 Å². The second-order valence-corrected chi connectivity index (χ2v) is 3.91. The van der Waals surface area contributed by atoms with Crippen LogP contribution in [0, 0.1) is 12.3 Å². The molecule has 1 rings (SSSR count). The van der Waals surface area contributed by atoms with Gasteiger partial charge in [0.25, 0.3) is 0 Å². The molecule has 1 aromatic heterocycles. The van der Waals surface area contributed by atoms with Gasteiger partial charge in [0.1, 0.15) is 0 Å². The normalized spacial score (nSPS) is 14.7. The van der Waals surface area contributed by atoms with Gasteiger partial charge in [-0.3, -0.25) is 10.1 Å². The van der Waals surface area contributed by atoms with Gasteiger partial charge in [0, 0.05) is 12.6 Å². The molecule has 0 saturated carbocycles. The number of hydrogen-bond acceptors (Lipinski definition) is 4. The summed E-state index contributed by atoms with van der Waals surface area (Å²) in [5, 5.41) is 6.34. The highest BCUT2D eigenvalue weighted by molar-refractivity contribution is 5.94. The quantitative estimate of drug-likeness (QED) is 0.786. The molecule has 0 aromatic carbocycles. The highest BCUT2D eigenvalue weighted by Crippen LogP contribution is 2.22. The third-order valence-electron chi connectivity index (χ3n) is 2.64. The SMILES string of the molecule is CCC(C)(CN)C(=O)Nc1cc(C)no1. The fourth-order valence-corrected chi connectivity index (χ4v) is 1.08. The molecule has 5 heteroatoms. The van der Waals surface area contributed by atoms with Crippen molar-refractivity contribution >= 4 is 11.8 Å². The zero-order chi connectivity index (χ0) is 11.5. The first-order valence-corrected chi connectivity index (χ1v) is 4.96. The fraction of sp³-hybridized carbons (Fsp3) is 0.600. The van der Waals surface area contributed by atoms with Gasteiger partial charge in [0.15, 0.2) is 0 Å². The lowest BCUT2D eigenvalue weighted by molar-refractivity contribution is -0.124. The van der Waals surface area contributed by atoms with Gasteiger partial charge in [-0.25, -0.2) is 0 Å². The first-order valence-electron chi connectivity index (χ1n) is 4.96. The van der Waals surface area contributed by atoms with Gasteiger partial charge in [-0.05, 0) is 20.3 Å². The molecule has 0 saturated heterocycles. The number of carbonyl (C=O) groups is 1. The van der Waals surface area contributed by atoms with E-state index in [0.29, 0.717) is 18.8 Å². The van der Waals surface area contributed by atoms with Crippen molar-refractivity contribution < 1.29 is 9.32 Å². The number of hydrogen-bond donors (Lipinski definition) is 2. The number of carbonyl (C=O) groups excluding carboxylic acids is 1. The molecule has 0 fully saturated rings. The Hall–Kier alpha value is -1.36. The topological polar surface area (TPSA) is 81.2 Å². The van der Waals surface area contributed by atoms with Crippen molar-refractivity contribution in [1.82, 2.24) is 5.16 Å². The number of rotatable bonds is 4. The second kappa shape index (κ2) is 4.44. The Balaban J connectivity index is 2.70. The van der Waals surface area contributed by atoms with Crippen LogP contribution in [0.25, 0.3) is 0 Å². The number of anilines is 1. The first-order chi connectivity index (χ1) is 7.01. The lowest BCUT2D eigenvalue weighted by atomic mass is 9.87. The number of nitrogens with two attached hydrogens (primary N) is 1. The van der Waals surface area contributed by atoms with Gasteiger partial charge < -0.3 is 10.3 Å². The number of nitrogens with one attached hydrogen (secondary N) is 1. The van der Waals surface area contributed by atoms with Crippen LogP contribution >= 0.6 is 0 Å². The summed E-state index contributed by atoms with van der Waals surface area (Å²) in [6, 6.07) is 1.67. The number of aromatic nitrogens is 1. The van der Waals surface area contributed by atoms with E-state index >= 15 is 0 Å². The molecule has 1 heterocycles. The van der Waals surface area contributed by atoms with Gasteiger partial charge >= 0.3 is 0 Å². The molecule has 3 N–H and O–H groups in total. The van der Waals surface area contributed by atoms with Crippen molar-refractivity contribution in [2.75, 3.05) is 11.9 Å². The van der Waals surface area contributed by atoms with E-state index in [-0.39, 0.29) is 5.91 Å². The van der Waals surface area contributed by atoms with Crippen LogP contribution in [0.5, 0.6) is 0 Å². The summed E-state index contributed by atoms with van der Waals surface area (Å²) >= 11 is 0. The summed E-state index contributed by atoms with van der Waals surface area (Å²) < 4.78 is 4.90. The first kappa shape index (κ1) is 11.7. The number of aryl methyl sites for hydroxylation is 1. The Labute approximate surface area is 89.0 Å². The monoisotopic (exact) mass is 211 g/mol. The molecule has 0 bridgehead atoms. The van der Waals surface area contributed by atoms with Gasteiger partial charge in [0.2, 0.25) is 11.8 Å². The summed E-state index contributed by atoms with van der Waals surface area (Å²) in [7, 11) is 0. The Bertz CT molecular complexity index is 342. The highest BCUT2D eigenvalue weighted by Gasteiger charge is 2.30. The Morgan fingerprint density at radius 3 is 2.80 bits per heavy atom. The molecule has 5 nitrogen and oxygen atoms in total. The van der Waals surface area contributed by atoms with Gasteiger partial charge in [-0.15, -0.1) is 0 Å². The zero-order valence-electron chi connectivity index (χ0n) is 9.33. The van der Waals surface area contributed by atoms with Crippen molar-refractivity contribution in [1.29, 1.82) is 0 Å². The predicted molar refractivity (Wildman–Crippen MR) is 57.3 cm³/mol. The van der Waals surface area contributed by atoms with Crippen molar-refractivity contribution in [2.45, 2.75) is 27.2 Å². The van der Waals surface area contributed by atoms with Gasteiger partial charge in [-0.1, -0.05) is 12.1 Å². The van der Waals surface area contributed by atoms with Gasteiger partial charge in [0.05, 0.1) is 11.1 Å². The van der Waals surface area contributed by atoms with E-state index in [0.717, 1.165) is 5.69 Å². The third kappa shape index (κ3) is 2.56. The van der Waals surface area contributed by atoms with Crippen LogP contribution in [0.2, 0.25) is 0 Å². The van der Waals surface area contributed by atoms with E-state index < -0.39 is 5.41 Å². The molecular weight excluding hydrogens is 194 g/mol. The molecule has 1 atom stereocenters. The van der Waals surface area contributed by atoms with Crippen LogP contribution in [0.3, 0.4) is 0 Å². The van der Waals surface area contributed by atoms with Crippen LogP contribution in [0.4, 0.5) is 5.88 Å². The minimum absolute atomic E-state index is 0.136. The molecule has 84 valence electrons. The molecule has 1 unspecified atom stereocenters. The molecule has 0 aliphatic rings. The van der Waals surface area contributed by atoms with E-state index in [2.05, 4.69) is 10.5 Å². The number of amides is 1. The molecule has 0 radical (unpaired) electrons. The maximum atomic E-state index is 11.8. The van der Waals surface area contributed by atoms with Crippen molar-refractivity contribution in [3.8, 4) is 0 Å². The molecule has 1 aromatic rings. The second-order valence-electron chi connectivity index (χ2n) is 3.91. The highest BCUT2D eigenvalue weighted by atomic mass is 16.5. The molecule has 1 amide bonds. The molecule has 15 heavy (non-hydrogen) atoms. The average molecular weight is 211 g/mol. The van der Waals surface area contributed by atoms with E-state index in [1.165, 1.54) is 0 Å². The maximum Gasteiger partial charge on any atom is 0.233 e. The minimum Gasteiger partial charge on any atom is -0.338 e. The summed E-state index contributed by atoms with van der Waals surface area (Å²) in [6.45, 7) is 5.85. The average Bonchev–Trinajstić information content (AvgIpc) is 2.62. The summed E-state index contributed by atoms with van der Waals surface area (Å²) in [5.41, 5.74) is 5.75. The Morgan fingerprint density at radius 1 is 1.73 bits per heavy atom. The van der Waals surface area contributed by atoms with Crippen LogP contribution in [-0.2, 0) is 4.79 Å². The maximum absolute atomic E-state index is 11.8. The lowest BCUT2D eigenvalue weighted by Gasteiger charge is -2.23. The van der Waals surface area contributed by atoms with Crippen LogP contribution in [0.15, 0.2) is 10.6 Å². The lowest BCUT2D eigenvalue weighted by Crippen LogP contribution is -2.39. The van der Waals surface area contributed by atoms with Crippen molar-refractivity contribution in [3.63, 3.8) is 0 Å². The third-order valence-corrected chi connectivity index (χ3v) is 2.64. The van der Waals surface area contributed by atoms with Crippen molar-refractivity contribution in [3.05, 3.63) is 11.8 Å². The fourth-order valence-electron chi connectivity index (χ4n) is 1.08. The van der Waals surface area contributed by atoms with E-state index in [4.69, 9.17) is 10.3 Å². The van der Waals surface area contributed by atoms with Gasteiger partial charge in [-0.2, -0.15) is 0 Å². The predicted octanol–water partition coefficient (Wildman–Crippen LogP) is 1.30. The largest absolute Gasteiger partial charge is 0.338 e. The Kier molecular flexibility index (Phi) is 3.47. The molecule has 0 spiro atoms. The smallest absolute Gasteiger partial charge is 0.233 e.